The lowest BCUT2D eigenvalue weighted by Gasteiger charge is -2.35. The molecule has 116 valence electrons. The standard InChI is InChI=1S/C17H26N2O2/c1-11(2)21-16-6-5-14(18)8-15(16)17(20)19-9-12(3)7-13(4)10-19/h5-6,8,11-13H,7,9-10,18H2,1-4H3. The summed E-state index contributed by atoms with van der Waals surface area (Å²) in [4.78, 5) is 14.8. The first-order chi connectivity index (χ1) is 9.86. The van der Waals surface area contributed by atoms with Crippen molar-refractivity contribution >= 4 is 11.6 Å². The van der Waals surface area contributed by atoms with Crippen LogP contribution in [0.3, 0.4) is 0 Å². The van der Waals surface area contributed by atoms with Crippen molar-refractivity contribution in [2.75, 3.05) is 18.8 Å². The van der Waals surface area contributed by atoms with Gasteiger partial charge in [0.05, 0.1) is 11.7 Å². The van der Waals surface area contributed by atoms with Crippen LogP contribution in [0, 0.1) is 11.8 Å². The number of ether oxygens (including phenoxy) is 1. The molecule has 21 heavy (non-hydrogen) atoms. The van der Waals surface area contributed by atoms with Crippen molar-refractivity contribution in [2.24, 2.45) is 11.8 Å². The van der Waals surface area contributed by atoms with Gasteiger partial charge < -0.3 is 15.4 Å². The van der Waals surface area contributed by atoms with Crippen LogP contribution in [-0.4, -0.2) is 30.0 Å². The molecule has 0 bridgehead atoms. The number of amides is 1. The maximum absolute atomic E-state index is 12.8. The van der Waals surface area contributed by atoms with Gasteiger partial charge in [-0.3, -0.25) is 4.79 Å². The predicted octanol–water partition coefficient (Wildman–Crippen LogP) is 3.17. The topological polar surface area (TPSA) is 55.6 Å². The van der Waals surface area contributed by atoms with E-state index >= 15 is 0 Å². The second kappa shape index (κ2) is 6.37. The van der Waals surface area contributed by atoms with E-state index in [1.54, 1.807) is 18.2 Å². The van der Waals surface area contributed by atoms with Gasteiger partial charge in [0, 0.05) is 18.8 Å². The van der Waals surface area contributed by atoms with E-state index in [2.05, 4.69) is 13.8 Å². The van der Waals surface area contributed by atoms with Crippen molar-refractivity contribution in [1.82, 2.24) is 4.90 Å². The largest absolute Gasteiger partial charge is 0.490 e. The molecule has 1 amide bonds. The van der Waals surface area contributed by atoms with E-state index < -0.39 is 0 Å². The highest BCUT2D eigenvalue weighted by Crippen LogP contribution is 2.27. The second-order valence-electron chi connectivity index (χ2n) is 6.58. The Bertz CT molecular complexity index is 504. The number of hydrogen-bond acceptors (Lipinski definition) is 3. The summed E-state index contributed by atoms with van der Waals surface area (Å²) in [5, 5.41) is 0. The van der Waals surface area contributed by atoms with Gasteiger partial charge >= 0.3 is 0 Å². The average molecular weight is 290 g/mol. The molecule has 4 heteroatoms. The number of likely N-dealkylation sites (tertiary alicyclic amines) is 1. The molecule has 1 heterocycles. The van der Waals surface area contributed by atoms with E-state index in [0.717, 1.165) is 13.1 Å². The highest BCUT2D eigenvalue weighted by atomic mass is 16.5. The third kappa shape index (κ3) is 3.90. The van der Waals surface area contributed by atoms with Crippen LogP contribution in [0.15, 0.2) is 18.2 Å². The van der Waals surface area contributed by atoms with Crippen LogP contribution in [0.2, 0.25) is 0 Å². The maximum atomic E-state index is 12.8. The van der Waals surface area contributed by atoms with E-state index in [4.69, 9.17) is 10.5 Å². The number of benzene rings is 1. The van der Waals surface area contributed by atoms with Crippen LogP contribution in [0.1, 0.15) is 44.5 Å². The maximum Gasteiger partial charge on any atom is 0.257 e. The minimum Gasteiger partial charge on any atom is -0.490 e. The number of nitrogens with two attached hydrogens (primary N) is 1. The first kappa shape index (κ1) is 15.7. The van der Waals surface area contributed by atoms with Crippen LogP contribution in [0.5, 0.6) is 5.75 Å². The van der Waals surface area contributed by atoms with Crippen molar-refractivity contribution in [3.63, 3.8) is 0 Å². The van der Waals surface area contributed by atoms with E-state index in [0.29, 0.717) is 28.8 Å². The summed E-state index contributed by atoms with van der Waals surface area (Å²) >= 11 is 0. The van der Waals surface area contributed by atoms with Gasteiger partial charge in [0.25, 0.3) is 5.91 Å². The van der Waals surface area contributed by atoms with Gasteiger partial charge in [0.2, 0.25) is 0 Å². The Labute approximate surface area is 127 Å². The van der Waals surface area contributed by atoms with E-state index in [1.165, 1.54) is 6.42 Å². The number of hydrogen-bond donors (Lipinski definition) is 1. The molecule has 0 saturated carbocycles. The molecule has 1 aromatic rings. The second-order valence-corrected chi connectivity index (χ2v) is 6.58. The molecular weight excluding hydrogens is 264 g/mol. The Kier molecular flexibility index (Phi) is 4.76. The molecule has 0 spiro atoms. The zero-order chi connectivity index (χ0) is 15.6. The number of anilines is 1. The van der Waals surface area contributed by atoms with Gasteiger partial charge in [-0.2, -0.15) is 0 Å². The Balaban J connectivity index is 2.27. The summed E-state index contributed by atoms with van der Waals surface area (Å²) < 4.78 is 5.76. The molecule has 2 rings (SSSR count). The summed E-state index contributed by atoms with van der Waals surface area (Å²) in [6, 6.07) is 5.29. The molecule has 1 saturated heterocycles. The quantitative estimate of drug-likeness (QED) is 0.870. The molecule has 0 aromatic heterocycles. The molecule has 1 aliphatic heterocycles. The van der Waals surface area contributed by atoms with Gasteiger partial charge in [-0.25, -0.2) is 0 Å². The van der Waals surface area contributed by atoms with Gasteiger partial charge in [-0.15, -0.1) is 0 Å². The summed E-state index contributed by atoms with van der Waals surface area (Å²) in [7, 11) is 0. The Morgan fingerprint density at radius 1 is 1.29 bits per heavy atom. The van der Waals surface area contributed by atoms with Crippen LogP contribution in [0.25, 0.3) is 0 Å². The smallest absolute Gasteiger partial charge is 0.257 e. The zero-order valence-electron chi connectivity index (χ0n) is 13.4. The fourth-order valence-corrected chi connectivity index (χ4v) is 3.07. The van der Waals surface area contributed by atoms with Crippen molar-refractivity contribution in [3.8, 4) is 5.75 Å². The number of piperidine rings is 1. The van der Waals surface area contributed by atoms with Gasteiger partial charge in [-0.1, -0.05) is 13.8 Å². The molecule has 4 nitrogen and oxygen atoms in total. The third-order valence-corrected chi connectivity index (χ3v) is 3.75. The van der Waals surface area contributed by atoms with Crippen molar-refractivity contribution in [1.29, 1.82) is 0 Å². The van der Waals surface area contributed by atoms with Crippen LogP contribution >= 0.6 is 0 Å². The summed E-state index contributed by atoms with van der Waals surface area (Å²) in [5.41, 5.74) is 7.02. The molecular formula is C17H26N2O2. The first-order valence-corrected chi connectivity index (χ1v) is 7.72. The molecule has 2 N–H and O–H groups in total. The number of rotatable bonds is 3. The molecule has 1 aliphatic rings. The monoisotopic (exact) mass is 290 g/mol. The molecule has 1 aromatic carbocycles. The minimum absolute atomic E-state index is 0.0244. The lowest BCUT2D eigenvalue weighted by Crippen LogP contribution is -2.42. The van der Waals surface area contributed by atoms with Crippen LogP contribution in [-0.2, 0) is 0 Å². The Hall–Kier alpha value is -1.71. The Morgan fingerprint density at radius 3 is 2.48 bits per heavy atom. The van der Waals surface area contributed by atoms with Gasteiger partial charge in [-0.05, 0) is 50.3 Å². The number of carbonyl (C=O) groups is 1. The summed E-state index contributed by atoms with van der Waals surface area (Å²) in [6.07, 6.45) is 1.20. The van der Waals surface area contributed by atoms with Crippen LogP contribution in [0.4, 0.5) is 5.69 Å². The molecule has 0 aliphatic carbocycles. The fraction of sp³-hybridized carbons (Fsp3) is 0.588. The van der Waals surface area contributed by atoms with E-state index in [9.17, 15) is 4.79 Å². The number of nitrogens with zero attached hydrogens (tertiary/aromatic N) is 1. The molecule has 0 radical (unpaired) electrons. The summed E-state index contributed by atoms with van der Waals surface area (Å²) in [6.45, 7) is 9.91. The SMILES string of the molecule is CC1CC(C)CN(C(=O)c2cc(N)ccc2OC(C)C)C1. The average Bonchev–Trinajstić information content (AvgIpc) is 2.38. The normalized spacial score (nSPS) is 22.4. The van der Waals surface area contributed by atoms with Crippen molar-refractivity contribution in [3.05, 3.63) is 23.8 Å². The van der Waals surface area contributed by atoms with Crippen LogP contribution < -0.4 is 10.5 Å². The molecule has 1 fully saturated rings. The number of carbonyl (C=O) groups excluding carboxylic acids is 1. The van der Waals surface area contributed by atoms with Crippen molar-refractivity contribution < 1.29 is 9.53 Å². The summed E-state index contributed by atoms with van der Waals surface area (Å²) in [5.74, 6) is 1.72. The zero-order valence-corrected chi connectivity index (χ0v) is 13.4. The Morgan fingerprint density at radius 2 is 1.90 bits per heavy atom. The molecule has 2 unspecified atom stereocenters. The lowest BCUT2D eigenvalue weighted by molar-refractivity contribution is 0.0617. The highest BCUT2D eigenvalue weighted by Gasteiger charge is 2.28. The van der Waals surface area contributed by atoms with E-state index in [1.807, 2.05) is 18.7 Å². The highest BCUT2D eigenvalue weighted by molar-refractivity contribution is 5.98. The van der Waals surface area contributed by atoms with Crippen molar-refractivity contribution in [2.45, 2.75) is 40.2 Å². The predicted molar refractivity (Wildman–Crippen MR) is 85.5 cm³/mol. The number of nitrogen functional groups attached to an aromatic ring is 1. The minimum atomic E-state index is 0.0244. The first-order valence-electron chi connectivity index (χ1n) is 7.72. The van der Waals surface area contributed by atoms with E-state index in [-0.39, 0.29) is 12.0 Å². The van der Waals surface area contributed by atoms with Gasteiger partial charge in [0.15, 0.2) is 0 Å². The third-order valence-electron chi connectivity index (χ3n) is 3.75. The fourth-order valence-electron chi connectivity index (χ4n) is 3.07. The van der Waals surface area contributed by atoms with Gasteiger partial charge in [0.1, 0.15) is 5.75 Å². The molecule has 2 atom stereocenters. The lowest BCUT2D eigenvalue weighted by atomic mass is 9.91.